The fraction of sp³-hybridized carbons (Fsp3) is 0.500. The van der Waals surface area contributed by atoms with Crippen molar-refractivity contribution in [1.29, 1.82) is 0 Å². The van der Waals surface area contributed by atoms with Crippen molar-refractivity contribution in [2.24, 2.45) is 0 Å². The highest BCUT2D eigenvalue weighted by atomic mass is 16.6. The van der Waals surface area contributed by atoms with Gasteiger partial charge in [0.15, 0.2) is 0 Å². The first-order valence-corrected chi connectivity index (χ1v) is 6.25. The molecule has 0 amide bonds. The minimum Gasteiger partial charge on any atom is -0.478 e. The molecule has 1 aromatic heterocycles. The Kier molecular flexibility index (Phi) is 4.14. The Morgan fingerprint density at radius 3 is 3.00 bits per heavy atom. The van der Waals surface area contributed by atoms with Gasteiger partial charge in [0.1, 0.15) is 17.6 Å². The highest BCUT2D eigenvalue weighted by molar-refractivity contribution is 5.93. The van der Waals surface area contributed by atoms with E-state index >= 15 is 0 Å². The molecule has 0 radical (unpaired) electrons. The van der Waals surface area contributed by atoms with E-state index in [0.717, 1.165) is 25.1 Å². The van der Waals surface area contributed by atoms with Gasteiger partial charge < -0.3 is 15.2 Å². The van der Waals surface area contributed by atoms with Gasteiger partial charge in [-0.05, 0) is 19.8 Å². The molecule has 8 heteroatoms. The van der Waals surface area contributed by atoms with Crippen molar-refractivity contribution in [3.8, 4) is 0 Å². The van der Waals surface area contributed by atoms with Crippen LogP contribution in [-0.2, 0) is 4.74 Å². The van der Waals surface area contributed by atoms with Crippen LogP contribution in [0.1, 0.15) is 30.1 Å². The third kappa shape index (κ3) is 3.02. The standard InChI is InChI=1S/C12H15N3O5/c1-7(10-3-2-4-20-10)14-11-9(12(16)17)5-8(6-13-11)15(18)19/h5-7,10H,2-4H2,1H3,(H,13,14)(H,16,17). The lowest BCUT2D eigenvalue weighted by Gasteiger charge is -2.21. The Morgan fingerprint density at radius 2 is 2.45 bits per heavy atom. The number of hydrogen-bond donors (Lipinski definition) is 2. The van der Waals surface area contributed by atoms with Gasteiger partial charge in [0.25, 0.3) is 5.69 Å². The number of carbonyl (C=O) groups is 1. The number of nitro groups is 1. The third-order valence-corrected chi connectivity index (χ3v) is 3.20. The van der Waals surface area contributed by atoms with Crippen molar-refractivity contribution in [2.75, 3.05) is 11.9 Å². The van der Waals surface area contributed by atoms with Crippen molar-refractivity contribution in [2.45, 2.75) is 31.9 Å². The second-order valence-electron chi connectivity index (χ2n) is 4.64. The first kappa shape index (κ1) is 14.2. The van der Waals surface area contributed by atoms with Gasteiger partial charge in [0.05, 0.1) is 17.1 Å². The maximum Gasteiger partial charge on any atom is 0.339 e. The fourth-order valence-corrected chi connectivity index (χ4v) is 2.14. The monoisotopic (exact) mass is 281 g/mol. The van der Waals surface area contributed by atoms with Gasteiger partial charge in [0, 0.05) is 12.7 Å². The lowest BCUT2D eigenvalue weighted by Crippen LogP contribution is -2.31. The van der Waals surface area contributed by atoms with Gasteiger partial charge in [-0.1, -0.05) is 0 Å². The molecule has 1 aliphatic rings. The SMILES string of the molecule is CC(Nc1ncc([N+](=O)[O-])cc1C(=O)O)C1CCCO1. The Labute approximate surface area is 114 Å². The third-order valence-electron chi connectivity index (χ3n) is 3.20. The molecule has 2 N–H and O–H groups in total. The highest BCUT2D eigenvalue weighted by Gasteiger charge is 2.25. The van der Waals surface area contributed by atoms with Crippen LogP contribution >= 0.6 is 0 Å². The normalized spacial score (nSPS) is 19.6. The first-order chi connectivity index (χ1) is 9.49. The van der Waals surface area contributed by atoms with Crippen molar-refractivity contribution in [1.82, 2.24) is 4.98 Å². The average molecular weight is 281 g/mol. The van der Waals surface area contributed by atoms with Gasteiger partial charge >= 0.3 is 5.97 Å². The van der Waals surface area contributed by atoms with E-state index in [4.69, 9.17) is 9.84 Å². The molecule has 1 aromatic rings. The van der Waals surface area contributed by atoms with E-state index < -0.39 is 10.9 Å². The zero-order valence-electron chi connectivity index (χ0n) is 10.9. The largest absolute Gasteiger partial charge is 0.478 e. The topological polar surface area (TPSA) is 115 Å². The number of anilines is 1. The molecule has 2 atom stereocenters. The molecular formula is C12H15N3O5. The molecule has 1 fully saturated rings. The van der Waals surface area contributed by atoms with E-state index in [-0.39, 0.29) is 29.2 Å². The van der Waals surface area contributed by atoms with E-state index in [9.17, 15) is 14.9 Å². The Balaban J connectivity index is 2.21. The van der Waals surface area contributed by atoms with Crippen LogP contribution in [-0.4, -0.2) is 39.7 Å². The summed E-state index contributed by atoms with van der Waals surface area (Å²) >= 11 is 0. The van der Waals surface area contributed by atoms with Crippen LogP contribution in [0.15, 0.2) is 12.3 Å². The fourth-order valence-electron chi connectivity index (χ4n) is 2.14. The molecular weight excluding hydrogens is 266 g/mol. The zero-order valence-corrected chi connectivity index (χ0v) is 10.9. The number of nitrogens with zero attached hydrogens (tertiary/aromatic N) is 2. The summed E-state index contributed by atoms with van der Waals surface area (Å²) in [4.78, 5) is 25.0. The van der Waals surface area contributed by atoms with Crippen molar-refractivity contribution >= 4 is 17.5 Å². The number of hydrogen-bond acceptors (Lipinski definition) is 6. The van der Waals surface area contributed by atoms with E-state index in [1.54, 1.807) is 0 Å². The van der Waals surface area contributed by atoms with Gasteiger partial charge in [-0.3, -0.25) is 10.1 Å². The number of ether oxygens (including phenoxy) is 1. The second-order valence-corrected chi connectivity index (χ2v) is 4.64. The molecule has 1 aliphatic heterocycles. The van der Waals surface area contributed by atoms with Gasteiger partial charge in [-0.25, -0.2) is 9.78 Å². The summed E-state index contributed by atoms with van der Waals surface area (Å²) in [6.45, 7) is 2.56. The average Bonchev–Trinajstić information content (AvgIpc) is 2.92. The molecule has 0 spiro atoms. The second kappa shape index (κ2) is 5.83. The Hall–Kier alpha value is -2.22. The summed E-state index contributed by atoms with van der Waals surface area (Å²) in [5, 5.41) is 22.7. The maximum absolute atomic E-state index is 11.2. The minimum atomic E-state index is -1.26. The van der Waals surface area contributed by atoms with Crippen LogP contribution < -0.4 is 5.32 Å². The molecule has 20 heavy (non-hydrogen) atoms. The van der Waals surface area contributed by atoms with Crippen LogP contribution in [0, 0.1) is 10.1 Å². The summed E-state index contributed by atoms with van der Waals surface area (Å²) in [7, 11) is 0. The Bertz CT molecular complexity index is 528. The number of carboxylic acids is 1. The van der Waals surface area contributed by atoms with E-state index in [1.165, 1.54) is 0 Å². The summed E-state index contributed by atoms with van der Waals surface area (Å²) in [6.07, 6.45) is 2.89. The maximum atomic E-state index is 11.2. The number of aromatic carboxylic acids is 1. The smallest absolute Gasteiger partial charge is 0.339 e. The number of aromatic nitrogens is 1. The van der Waals surface area contributed by atoms with Gasteiger partial charge in [-0.15, -0.1) is 0 Å². The van der Waals surface area contributed by atoms with Crippen molar-refractivity contribution in [3.05, 3.63) is 27.9 Å². The van der Waals surface area contributed by atoms with Crippen molar-refractivity contribution < 1.29 is 19.6 Å². The number of rotatable bonds is 5. The Morgan fingerprint density at radius 1 is 1.70 bits per heavy atom. The molecule has 0 saturated carbocycles. The van der Waals surface area contributed by atoms with Crippen LogP contribution in [0.4, 0.5) is 11.5 Å². The first-order valence-electron chi connectivity index (χ1n) is 6.25. The highest BCUT2D eigenvalue weighted by Crippen LogP contribution is 2.23. The lowest BCUT2D eigenvalue weighted by atomic mass is 10.1. The van der Waals surface area contributed by atoms with Crippen LogP contribution in [0.5, 0.6) is 0 Å². The number of nitrogens with one attached hydrogen (secondary N) is 1. The summed E-state index contributed by atoms with van der Waals surface area (Å²) in [5.74, 6) is -1.14. The predicted molar refractivity (Wildman–Crippen MR) is 69.9 cm³/mol. The molecule has 2 heterocycles. The number of pyridine rings is 1. The predicted octanol–water partition coefficient (Wildman–Crippen LogP) is 1.67. The lowest BCUT2D eigenvalue weighted by molar-refractivity contribution is -0.385. The zero-order chi connectivity index (χ0) is 14.7. The van der Waals surface area contributed by atoms with E-state index in [0.29, 0.717) is 6.61 Å². The quantitative estimate of drug-likeness (QED) is 0.623. The van der Waals surface area contributed by atoms with Crippen LogP contribution in [0.25, 0.3) is 0 Å². The molecule has 1 saturated heterocycles. The summed E-state index contributed by atoms with van der Waals surface area (Å²) in [5.41, 5.74) is -0.568. The van der Waals surface area contributed by atoms with Crippen molar-refractivity contribution in [3.63, 3.8) is 0 Å². The molecule has 0 bridgehead atoms. The van der Waals surface area contributed by atoms with Gasteiger partial charge in [0.2, 0.25) is 0 Å². The van der Waals surface area contributed by atoms with Crippen LogP contribution in [0.3, 0.4) is 0 Å². The number of carboxylic acid groups (broad SMARTS) is 1. The van der Waals surface area contributed by atoms with Crippen LogP contribution in [0.2, 0.25) is 0 Å². The molecule has 2 unspecified atom stereocenters. The van der Waals surface area contributed by atoms with Gasteiger partial charge in [-0.2, -0.15) is 0 Å². The summed E-state index contributed by atoms with van der Waals surface area (Å²) in [6, 6.07) is 0.879. The molecule has 8 nitrogen and oxygen atoms in total. The molecule has 0 aliphatic carbocycles. The van der Waals surface area contributed by atoms with E-state index in [1.807, 2.05) is 6.92 Å². The minimum absolute atomic E-state index is 0.00589. The molecule has 108 valence electrons. The summed E-state index contributed by atoms with van der Waals surface area (Å²) < 4.78 is 5.50. The molecule has 2 rings (SSSR count). The molecule has 0 aromatic carbocycles. The van der Waals surface area contributed by atoms with E-state index in [2.05, 4.69) is 10.3 Å².